The van der Waals surface area contributed by atoms with Gasteiger partial charge in [0.05, 0.1) is 11.8 Å². The third-order valence-electron chi connectivity index (χ3n) is 7.15. The topological polar surface area (TPSA) is 70.7 Å². The molecule has 0 saturated carbocycles. The first-order valence-electron chi connectivity index (χ1n) is 14.1. The molecule has 38 heavy (non-hydrogen) atoms. The second-order valence-corrected chi connectivity index (χ2v) is 10.1. The predicted molar refractivity (Wildman–Crippen MR) is 164 cm³/mol. The normalized spacial score (nSPS) is 13.7. The Balaban J connectivity index is 2.24. The van der Waals surface area contributed by atoms with Crippen LogP contribution in [0, 0.1) is 0 Å². The number of hydrogen-bond donors (Lipinski definition) is 2. The van der Waals surface area contributed by atoms with Crippen LogP contribution in [-0.2, 0) is 0 Å². The molecule has 0 radical (unpaired) electrons. The summed E-state index contributed by atoms with van der Waals surface area (Å²) in [6.45, 7) is 16.9. The van der Waals surface area contributed by atoms with Gasteiger partial charge in [0.2, 0.25) is 0 Å². The number of rotatable bonds is 14. The first-order chi connectivity index (χ1) is 18.2. The van der Waals surface area contributed by atoms with Crippen LogP contribution in [0.15, 0.2) is 76.6 Å². The molecular formula is C33H48N4O. The van der Waals surface area contributed by atoms with Gasteiger partial charge in [0.15, 0.2) is 0 Å². The molecule has 1 unspecified atom stereocenters. The average molecular weight is 517 g/mol. The Bertz CT molecular complexity index is 1110. The Morgan fingerprint density at radius 1 is 0.947 bits per heavy atom. The summed E-state index contributed by atoms with van der Waals surface area (Å²) < 4.78 is 0. The molecular weight excluding hydrogens is 468 g/mol. The van der Waals surface area contributed by atoms with Crippen LogP contribution in [-0.4, -0.2) is 35.7 Å². The molecule has 5 nitrogen and oxygen atoms in total. The third-order valence-corrected chi connectivity index (χ3v) is 7.15. The molecule has 0 heterocycles. The highest BCUT2D eigenvalue weighted by atomic mass is 16.1. The zero-order valence-electron chi connectivity index (χ0n) is 24.6. The standard InChI is InChI=1S/C33H48N4O/c1-8-11-12-13-22-37(10-3)25(5)23-32(35-26(6)24(4)9-2)27(7)36-33(38)30-16-14-28(15-17-30)29-18-20-31(34)21-19-29/h14-21,23,27H,8-13,22,34H2,1-7H3,(H,36,38)/b25-23+,26-24+,35-32-. The summed E-state index contributed by atoms with van der Waals surface area (Å²) in [5.41, 5.74) is 13.6. The quantitative estimate of drug-likeness (QED) is 0.152. The van der Waals surface area contributed by atoms with Crippen molar-refractivity contribution in [2.45, 2.75) is 86.6 Å². The van der Waals surface area contributed by atoms with Crippen molar-refractivity contribution in [1.82, 2.24) is 10.2 Å². The number of carbonyl (C=O) groups excluding carboxylic acids is 1. The Kier molecular flexibility index (Phi) is 12.8. The van der Waals surface area contributed by atoms with Gasteiger partial charge in [-0.3, -0.25) is 9.79 Å². The van der Waals surface area contributed by atoms with E-state index >= 15 is 0 Å². The maximum atomic E-state index is 13.2. The molecule has 0 spiro atoms. The second-order valence-electron chi connectivity index (χ2n) is 10.1. The first kappa shape index (κ1) is 30.9. The van der Waals surface area contributed by atoms with E-state index in [0.717, 1.165) is 47.7 Å². The molecule has 2 rings (SSSR count). The first-order valence-corrected chi connectivity index (χ1v) is 14.1. The number of nitrogens with zero attached hydrogens (tertiary/aromatic N) is 2. The molecule has 0 saturated heterocycles. The van der Waals surface area contributed by atoms with Crippen molar-refractivity contribution < 1.29 is 4.79 Å². The summed E-state index contributed by atoms with van der Waals surface area (Å²) in [6.07, 6.45) is 8.04. The van der Waals surface area contributed by atoms with E-state index in [1.807, 2.05) is 55.5 Å². The van der Waals surface area contributed by atoms with Crippen LogP contribution in [0.25, 0.3) is 11.1 Å². The molecule has 2 aromatic rings. The highest BCUT2D eigenvalue weighted by Crippen LogP contribution is 2.21. The largest absolute Gasteiger partial charge is 0.399 e. The summed E-state index contributed by atoms with van der Waals surface area (Å²) in [5.74, 6) is -0.110. The number of allylic oxidation sites excluding steroid dienone is 3. The van der Waals surface area contributed by atoms with Gasteiger partial charge in [0.1, 0.15) is 0 Å². The fraction of sp³-hybridized carbons (Fsp3) is 0.455. The van der Waals surface area contributed by atoms with Crippen molar-refractivity contribution in [3.63, 3.8) is 0 Å². The lowest BCUT2D eigenvalue weighted by Gasteiger charge is -2.25. The van der Waals surface area contributed by atoms with Gasteiger partial charge in [0, 0.05) is 35.7 Å². The van der Waals surface area contributed by atoms with E-state index in [-0.39, 0.29) is 11.9 Å². The van der Waals surface area contributed by atoms with Crippen LogP contribution in [0.3, 0.4) is 0 Å². The highest BCUT2D eigenvalue weighted by Gasteiger charge is 2.16. The average Bonchev–Trinajstić information content (AvgIpc) is 2.92. The van der Waals surface area contributed by atoms with Gasteiger partial charge < -0.3 is 16.0 Å². The molecule has 0 aliphatic rings. The molecule has 0 aromatic heterocycles. The fourth-order valence-electron chi connectivity index (χ4n) is 4.26. The highest BCUT2D eigenvalue weighted by molar-refractivity contribution is 6.04. The minimum Gasteiger partial charge on any atom is -0.399 e. The van der Waals surface area contributed by atoms with Crippen molar-refractivity contribution in [3.8, 4) is 11.1 Å². The maximum absolute atomic E-state index is 13.2. The molecule has 0 bridgehead atoms. The van der Waals surface area contributed by atoms with Crippen LogP contribution in [0.5, 0.6) is 0 Å². The Labute approximate surface area is 230 Å². The van der Waals surface area contributed by atoms with Crippen LogP contribution in [0.1, 0.15) is 90.9 Å². The van der Waals surface area contributed by atoms with Crippen molar-refractivity contribution in [2.75, 3.05) is 18.8 Å². The number of unbranched alkanes of at least 4 members (excludes halogenated alkanes) is 3. The summed E-state index contributed by atoms with van der Waals surface area (Å²) in [4.78, 5) is 20.6. The lowest BCUT2D eigenvalue weighted by atomic mass is 10.0. The third kappa shape index (κ3) is 9.51. The van der Waals surface area contributed by atoms with Crippen LogP contribution < -0.4 is 11.1 Å². The van der Waals surface area contributed by atoms with Gasteiger partial charge in [-0.05, 0) is 88.9 Å². The zero-order chi connectivity index (χ0) is 28.1. The Morgan fingerprint density at radius 3 is 2.11 bits per heavy atom. The molecule has 0 aliphatic carbocycles. The number of aliphatic imine (C=N–C) groups is 1. The van der Waals surface area contributed by atoms with Crippen LogP contribution >= 0.6 is 0 Å². The van der Waals surface area contributed by atoms with E-state index in [0.29, 0.717) is 5.56 Å². The van der Waals surface area contributed by atoms with Crippen molar-refractivity contribution in [3.05, 3.63) is 77.1 Å². The minimum atomic E-state index is -0.243. The van der Waals surface area contributed by atoms with E-state index in [9.17, 15) is 4.79 Å². The summed E-state index contributed by atoms with van der Waals surface area (Å²) in [6, 6.07) is 15.2. The van der Waals surface area contributed by atoms with E-state index in [1.54, 1.807) is 0 Å². The van der Waals surface area contributed by atoms with E-state index in [1.165, 1.54) is 37.0 Å². The van der Waals surface area contributed by atoms with E-state index in [4.69, 9.17) is 10.7 Å². The molecule has 1 atom stereocenters. The van der Waals surface area contributed by atoms with Crippen LogP contribution in [0.4, 0.5) is 5.69 Å². The van der Waals surface area contributed by atoms with Crippen molar-refractivity contribution >= 4 is 17.3 Å². The molecule has 206 valence electrons. The molecule has 1 amide bonds. The zero-order valence-corrected chi connectivity index (χ0v) is 24.6. The van der Waals surface area contributed by atoms with Gasteiger partial charge in [-0.25, -0.2) is 0 Å². The van der Waals surface area contributed by atoms with Gasteiger partial charge in [-0.2, -0.15) is 0 Å². The Morgan fingerprint density at radius 2 is 1.55 bits per heavy atom. The second kappa shape index (κ2) is 15.8. The molecule has 0 aliphatic heterocycles. The maximum Gasteiger partial charge on any atom is 0.251 e. The van der Waals surface area contributed by atoms with Gasteiger partial charge in [0.25, 0.3) is 5.91 Å². The number of amides is 1. The SMILES string of the molecule is CCCCCCN(CC)/C(C)=C/C(=N/C(C)=C(\C)CC)C(C)NC(=O)c1ccc(-c2ccc(N)cc2)cc1. The lowest BCUT2D eigenvalue weighted by molar-refractivity contribution is 0.0949. The summed E-state index contributed by atoms with van der Waals surface area (Å²) in [7, 11) is 0. The smallest absolute Gasteiger partial charge is 0.251 e. The molecule has 2 aromatic carbocycles. The Hall–Kier alpha value is -3.34. The van der Waals surface area contributed by atoms with E-state index < -0.39 is 0 Å². The molecule has 3 N–H and O–H groups in total. The lowest BCUT2D eigenvalue weighted by Crippen LogP contribution is -2.38. The van der Waals surface area contributed by atoms with E-state index in [2.05, 4.69) is 57.8 Å². The number of carbonyl (C=O) groups is 1. The number of benzene rings is 2. The predicted octanol–water partition coefficient (Wildman–Crippen LogP) is 8.01. The molecule has 5 heteroatoms. The molecule has 0 fully saturated rings. The number of nitrogens with two attached hydrogens (primary N) is 1. The fourth-order valence-corrected chi connectivity index (χ4v) is 4.26. The van der Waals surface area contributed by atoms with Gasteiger partial charge >= 0.3 is 0 Å². The number of nitrogens with one attached hydrogen (secondary N) is 1. The van der Waals surface area contributed by atoms with Crippen molar-refractivity contribution in [2.24, 2.45) is 4.99 Å². The summed E-state index contributed by atoms with van der Waals surface area (Å²) in [5, 5.41) is 3.18. The van der Waals surface area contributed by atoms with Crippen molar-refractivity contribution in [1.29, 1.82) is 0 Å². The monoisotopic (exact) mass is 516 g/mol. The number of hydrogen-bond acceptors (Lipinski definition) is 4. The van der Waals surface area contributed by atoms with Gasteiger partial charge in [-0.15, -0.1) is 0 Å². The number of nitrogen functional groups attached to an aromatic ring is 1. The number of anilines is 1. The van der Waals surface area contributed by atoms with Crippen LogP contribution in [0.2, 0.25) is 0 Å². The summed E-state index contributed by atoms with van der Waals surface area (Å²) >= 11 is 0. The minimum absolute atomic E-state index is 0.110. The van der Waals surface area contributed by atoms with Gasteiger partial charge in [-0.1, -0.05) is 62.9 Å².